The maximum absolute atomic E-state index is 4.87. The Kier molecular flexibility index (Phi) is 12.5. The van der Waals surface area contributed by atoms with Crippen LogP contribution in [0.15, 0.2) is 0 Å². The van der Waals surface area contributed by atoms with E-state index < -0.39 is 10.9 Å². The molecule has 0 fully saturated rings. The van der Waals surface area contributed by atoms with Gasteiger partial charge >= 0.3 is 64.4 Å². The molecule has 0 aromatic heterocycles. The van der Waals surface area contributed by atoms with E-state index in [0.29, 0.717) is 0 Å². The smallest absolute Gasteiger partial charge is 1.00 e. The van der Waals surface area contributed by atoms with Crippen LogP contribution in [0.1, 0.15) is 2.85 Å². The van der Waals surface area contributed by atoms with Crippen LogP contribution in [0.4, 0.5) is 0 Å². The zero-order valence-corrected chi connectivity index (χ0v) is 6.90. The first-order valence-corrected chi connectivity index (χ1v) is 4.68. The Hall–Kier alpha value is 2.14. The summed E-state index contributed by atoms with van der Waals surface area (Å²) in [5.41, 5.74) is 0. The van der Waals surface area contributed by atoms with Crippen LogP contribution in [0.25, 0.3) is 0 Å². The van der Waals surface area contributed by atoms with Crippen LogP contribution < -0.4 is 0 Å². The summed E-state index contributed by atoms with van der Waals surface area (Å²) in [6.45, 7) is 0. The summed E-state index contributed by atoms with van der Waals surface area (Å²) in [6, 6.07) is 0. The van der Waals surface area contributed by atoms with Crippen LogP contribution in [-0.2, 0) is 10.9 Å². The van der Waals surface area contributed by atoms with E-state index in [1.165, 1.54) is 0 Å². The average Bonchev–Trinajstić information content (AvgIpc) is 0.811. The third kappa shape index (κ3) is 23.0. The van der Waals surface area contributed by atoms with Crippen LogP contribution >= 0.6 is 30.4 Å². The minimum Gasteiger partial charge on any atom is -1.00 e. The molecule has 0 saturated carbocycles. The van der Waals surface area contributed by atoms with Crippen molar-refractivity contribution in [1.82, 2.24) is 0 Å². The monoisotopic (exact) mass is 190 g/mol. The fourth-order valence-electron chi connectivity index (χ4n) is 0. The van der Waals surface area contributed by atoms with Gasteiger partial charge in [-0.2, -0.15) is 0 Å². The molecule has 0 nitrogen and oxygen atoms in total. The van der Waals surface area contributed by atoms with Gasteiger partial charge in [0.15, 0.2) is 0 Å². The summed E-state index contributed by atoms with van der Waals surface area (Å²) in [4.78, 5) is 0. The summed E-state index contributed by atoms with van der Waals surface area (Å²) in [6.07, 6.45) is 0. The van der Waals surface area contributed by atoms with E-state index in [1.807, 2.05) is 0 Å². The van der Waals surface area contributed by atoms with Crippen molar-refractivity contribution in [2.45, 2.75) is 0 Å². The van der Waals surface area contributed by atoms with Crippen LogP contribution in [0.3, 0.4) is 0 Å². The Bertz CT molecular complexity index is 17.7. The van der Waals surface area contributed by atoms with Gasteiger partial charge in [0, 0.05) is 0 Å². The minimum absolute atomic E-state index is 0. The van der Waals surface area contributed by atoms with Gasteiger partial charge in [-0.25, -0.2) is 0 Å². The number of hydrogen-bond donors (Lipinski definition) is 0. The van der Waals surface area contributed by atoms with Crippen molar-refractivity contribution in [3.05, 3.63) is 0 Å². The first kappa shape index (κ1) is 10.2. The molecule has 0 aliphatic heterocycles. The molecule has 0 N–H and O–H groups in total. The van der Waals surface area contributed by atoms with Gasteiger partial charge in [0.1, 0.15) is 0 Å². The van der Waals surface area contributed by atoms with E-state index in [9.17, 15) is 0 Å². The van der Waals surface area contributed by atoms with Crippen molar-refractivity contribution in [3.8, 4) is 0 Å². The fraction of sp³-hybridized carbons (Fsp3) is 0. The van der Waals surface area contributed by atoms with E-state index in [4.69, 9.17) is 30.4 Å². The summed E-state index contributed by atoms with van der Waals surface area (Å²) in [5, 5.41) is 0. The molecule has 0 rings (SSSR count). The molecule has 0 aromatic rings. The average molecular weight is 192 g/mol. The fourth-order valence-corrected chi connectivity index (χ4v) is 0. The SMILES string of the molecule is [Cl][Co]([Cl])[Cl].[H-].[H-].[Mg+2]. The largest absolute Gasteiger partial charge is 2.00 e. The van der Waals surface area contributed by atoms with Crippen molar-refractivity contribution < 1.29 is 13.8 Å². The topological polar surface area (TPSA) is 0 Å². The van der Waals surface area contributed by atoms with Gasteiger partial charge in [-0.3, -0.25) is 0 Å². The van der Waals surface area contributed by atoms with E-state index in [0.717, 1.165) is 0 Å². The molecule has 0 unspecified atom stereocenters. The van der Waals surface area contributed by atoms with Gasteiger partial charge in [-0.05, 0) is 0 Å². The molecule has 0 saturated heterocycles. The number of hydrogen-bond acceptors (Lipinski definition) is 0. The molecule has 0 atom stereocenters. The Labute approximate surface area is 66.8 Å². The van der Waals surface area contributed by atoms with E-state index in [-0.39, 0.29) is 25.9 Å². The first-order valence-electron chi connectivity index (χ1n) is 0.378. The molecule has 0 heterocycles. The minimum atomic E-state index is -1.19. The Morgan fingerprint density at radius 1 is 1.20 bits per heavy atom. The molecule has 0 aliphatic rings. The first-order chi connectivity index (χ1) is 1.73. The van der Waals surface area contributed by atoms with Gasteiger partial charge in [0.05, 0.1) is 0 Å². The second-order valence-corrected chi connectivity index (χ2v) is 5.30. The van der Waals surface area contributed by atoms with Gasteiger partial charge in [-0.15, -0.1) is 0 Å². The summed E-state index contributed by atoms with van der Waals surface area (Å²) >= 11 is 0. The normalized spacial score (nSPS) is 9.00. The maximum atomic E-state index is 4.87. The van der Waals surface area contributed by atoms with E-state index >= 15 is 0 Å². The molecule has 0 bridgehead atoms. The van der Waals surface area contributed by atoms with E-state index in [2.05, 4.69) is 0 Å². The maximum Gasteiger partial charge on any atom is 2.00 e. The summed E-state index contributed by atoms with van der Waals surface area (Å²) < 4.78 is 0. The zero-order valence-electron chi connectivity index (χ0n) is 4.17. The third-order valence-electron chi connectivity index (χ3n) is 0. The number of rotatable bonds is 0. The van der Waals surface area contributed by atoms with Crippen molar-refractivity contribution >= 4 is 53.5 Å². The van der Waals surface area contributed by atoms with Crippen molar-refractivity contribution in [3.63, 3.8) is 0 Å². The Morgan fingerprint density at radius 3 is 1.20 bits per heavy atom. The van der Waals surface area contributed by atoms with Gasteiger partial charge in [0.2, 0.25) is 0 Å². The zero-order chi connectivity index (χ0) is 3.58. The Morgan fingerprint density at radius 2 is 1.20 bits per heavy atom. The van der Waals surface area contributed by atoms with Gasteiger partial charge in [-0.1, -0.05) is 0 Å². The predicted octanol–water partition coefficient (Wildman–Crippen LogP) is 1.91. The molecule has 5 heteroatoms. The second kappa shape index (κ2) is 6.14. The van der Waals surface area contributed by atoms with Crippen LogP contribution in [0.5, 0.6) is 0 Å². The quantitative estimate of drug-likeness (QED) is 0.513. The van der Waals surface area contributed by atoms with Gasteiger partial charge in [0.25, 0.3) is 0 Å². The summed E-state index contributed by atoms with van der Waals surface area (Å²) in [7, 11) is 13.4. The molecule has 0 aliphatic carbocycles. The van der Waals surface area contributed by atoms with Crippen LogP contribution in [0.2, 0.25) is 0 Å². The molecule has 34 valence electrons. The molecule has 0 amide bonds. The predicted molar refractivity (Wildman–Crippen MR) is 25.5 cm³/mol. The molecular weight excluding hydrogens is 190 g/mol. The molecule has 0 radical (unpaired) electrons. The molecule has 5 heavy (non-hydrogen) atoms. The molecular formula is H2Cl3CoMg. The van der Waals surface area contributed by atoms with Crippen molar-refractivity contribution in [1.29, 1.82) is 0 Å². The molecule has 0 spiro atoms. The third-order valence-corrected chi connectivity index (χ3v) is 0. The van der Waals surface area contributed by atoms with Crippen molar-refractivity contribution in [2.75, 3.05) is 0 Å². The Balaban J connectivity index is -0.0000000150. The second-order valence-electron chi connectivity index (χ2n) is 0.143. The summed E-state index contributed by atoms with van der Waals surface area (Å²) in [5.74, 6) is 0. The van der Waals surface area contributed by atoms with E-state index in [1.54, 1.807) is 0 Å². The van der Waals surface area contributed by atoms with Gasteiger partial charge < -0.3 is 2.85 Å². The van der Waals surface area contributed by atoms with Crippen molar-refractivity contribution in [2.24, 2.45) is 0 Å². The standard InChI is InChI=1S/3ClH.Co.Mg.2H/h3*1H;;;;/q;;;+3;+2;2*-1/p-3. The molecule has 0 aromatic carbocycles. The van der Waals surface area contributed by atoms with Crippen LogP contribution in [0, 0.1) is 0 Å². The number of halogens is 3. The van der Waals surface area contributed by atoms with Crippen LogP contribution in [-0.4, -0.2) is 23.1 Å².